The number of pyridine rings is 1. The first-order valence-electron chi connectivity index (χ1n) is 7.60. The summed E-state index contributed by atoms with van der Waals surface area (Å²) in [6, 6.07) is 19.2. The van der Waals surface area contributed by atoms with E-state index in [1.807, 2.05) is 60.7 Å². The van der Waals surface area contributed by atoms with Crippen molar-refractivity contribution >= 4 is 17.0 Å². The summed E-state index contributed by atoms with van der Waals surface area (Å²) < 4.78 is 5.12. The second-order valence-electron chi connectivity index (χ2n) is 5.09. The third kappa shape index (κ3) is 4.11. The number of nitrogens with one attached hydrogen (secondary N) is 1. The monoisotopic (exact) mass is 316 g/mol. The van der Waals surface area contributed by atoms with Gasteiger partial charge in [-0.2, -0.15) is 0 Å². The number of hydrogen-bond acceptors (Lipinski definition) is 3. The lowest BCUT2D eigenvalue weighted by Crippen LogP contribution is -2.24. The molecule has 2 aromatic carbocycles. The fraction of sp³-hybridized carbons (Fsp3) is 0.100. The van der Waals surface area contributed by atoms with Crippen LogP contribution >= 0.6 is 0 Å². The maximum atomic E-state index is 11.6. The Bertz CT molecular complexity index is 890. The van der Waals surface area contributed by atoms with Crippen LogP contribution in [-0.4, -0.2) is 17.6 Å². The van der Waals surface area contributed by atoms with Gasteiger partial charge in [-0.15, -0.1) is 0 Å². The van der Waals surface area contributed by atoms with Crippen LogP contribution in [-0.2, 0) is 11.3 Å². The van der Waals surface area contributed by atoms with Gasteiger partial charge in [-0.1, -0.05) is 54.3 Å². The van der Waals surface area contributed by atoms with Crippen molar-refractivity contribution in [3.05, 3.63) is 78.0 Å². The van der Waals surface area contributed by atoms with Crippen LogP contribution in [0.25, 0.3) is 10.9 Å². The summed E-state index contributed by atoms with van der Waals surface area (Å²) >= 11 is 0. The number of aromatic nitrogens is 1. The van der Waals surface area contributed by atoms with Crippen LogP contribution in [0.4, 0.5) is 4.79 Å². The molecule has 0 aliphatic carbocycles. The minimum absolute atomic E-state index is 0.226. The Balaban J connectivity index is 1.53. The van der Waals surface area contributed by atoms with E-state index in [9.17, 15) is 4.79 Å². The zero-order valence-electron chi connectivity index (χ0n) is 13.0. The third-order valence-electron chi connectivity index (χ3n) is 3.40. The zero-order valence-corrected chi connectivity index (χ0v) is 13.0. The fourth-order valence-electron chi connectivity index (χ4n) is 2.24. The minimum atomic E-state index is -0.479. The molecule has 3 aromatic rings. The first-order chi connectivity index (χ1) is 11.8. The SMILES string of the molecule is O=C(NCC#Cc1cccc2ncccc12)OCc1ccccc1. The first kappa shape index (κ1) is 15.6. The molecule has 0 spiro atoms. The molecule has 0 unspecified atom stereocenters. The van der Waals surface area contributed by atoms with E-state index >= 15 is 0 Å². The van der Waals surface area contributed by atoms with Gasteiger partial charge >= 0.3 is 6.09 Å². The maximum Gasteiger partial charge on any atom is 0.408 e. The van der Waals surface area contributed by atoms with Gasteiger partial charge in [-0.3, -0.25) is 4.98 Å². The van der Waals surface area contributed by atoms with Gasteiger partial charge in [0.15, 0.2) is 0 Å². The summed E-state index contributed by atoms with van der Waals surface area (Å²) in [6.07, 6.45) is 1.27. The van der Waals surface area contributed by atoms with Crippen LogP contribution in [0.3, 0.4) is 0 Å². The van der Waals surface area contributed by atoms with Crippen molar-refractivity contribution in [1.82, 2.24) is 10.3 Å². The molecular formula is C20H16N2O2. The number of carbonyl (C=O) groups is 1. The molecule has 0 fully saturated rings. The second-order valence-corrected chi connectivity index (χ2v) is 5.09. The first-order valence-corrected chi connectivity index (χ1v) is 7.60. The average Bonchev–Trinajstić information content (AvgIpc) is 2.64. The molecule has 0 aliphatic heterocycles. The number of fused-ring (bicyclic) bond motifs is 1. The summed E-state index contributed by atoms with van der Waals surface area (Å²) in [7, 11) is 0. The molecule has 118 valence electrons. The zero-order chi connectivity index (χ0) is 16.6. The number of benzene rings is 2. The summed E-state index contributed by atoms with van der Waals surface area (Å²) in [5.41, 5.74) is 2.74. The van der Waals surface area contributed by atoms with Crippen molar-refractivity contribution in [3.63, 3.8) is 0 Å². The van der Waals surface area contributed by atoms with Crippen molar-refractivity contribution in [2.75, 3.05) is 6.54 Å². The smallest absolute Gasteiger partial charge is 0.408 e. The topological polar surface area (TPSA) is 51.2 Å². The summed E-state index contributed by atoms with van der Waals surface area (Å²) in [5, 5.41) is 3.62. The molecule has 0 saturated heterocycles. The largest absolute Gasteiger partial charge is 0.445 e. The third-order valence-corrected chi connectivity index (χ3v) is 3.40. The Morgan fingerprint density at radius 1 is 1.04 bits per heavy atom. The molecule has 0 aliphatic rings. The highest BCUT2D eigenvalue weighted by Gasteiger charge is 2.00. The normalized spacial score (nSPS) is 9.83. The van der Waals surface area contributed by atoms with Crippen LogP contribution in [0.2, 0.25) is 0 Å². The molecular weight excluding hydrogens is 300 g/mol. The van der Waals surface area contributed by atoms with Crippen molar-refractivity contribution in [3.8, 4) is 11.8 Å². The van der Waals surface area contributed by atoms with Crippen LogP contribution in [0, 0.1) is 11.8 Å². The Kier molecular flexibility index (Phi) is 5.06. The molecule has 24 heavy (non-hydrogen) atoms. The predicted molar refractivity (Wildman–Crippen MR) is 93.3 cm³/mol. The highest BCUT2D eigenvalue weighted by Crippen LogP contribution is 2.14. The molecule has 0 atom stereocenters. The van der Waals surface area contributed by atoms with Gasteiger partial charge in [0, 0.05) is 17.1 Å². The maximum absolute atomic E-state index is 11.6. The summed E-state index contributed by atoms with van der Waals surface area (Å²) in [5.74, 6) is 5.99. The molecule has 0 bridgehead atoms. The standard InChI is InChI=1S/C20H16N2O2/c23-20(24-15-16-7-2-1-3-8-16)22-14-5-10-17-9-4-12-19-18(17)11-6-13-21-19/h1-4,6-9,11-13H,14-15H2,(H,22,23). The number of ether oxygens (including phenoxy) is 1. The van der Waals surface area contributed by atoms with Gasteiger partial charge in [-0.05, 0) is 23.8 Å². The number of hydrogen-bond donors (Lipinski definition) is 1. The molecule has 4 nitrogen and oxygen atoms in total. The molecule has 1 amide bonds. The average molecular weight is 316 g/mol. The van der Waals surface area contributed by atoms with E-state index in [2.05, 4.69) is 22.1 Å². The van der Waals surface area contributed by atoms with Crippen molar-refractivity contribution in [1.29, 1.82) is 0 Å². The molecule has 1 aromatic heterocycles. The number of nitrogens with zero attached hydrogens (tertiary/aromatic N) is 1. The van der Waals surface area contributed by atoms with E-state index in [1.165, 1.54) is 0 Å². The Hall–Kier alpha value is -3.32. The lowest BCUT2D eigenvalue weighted by molar-refractivity contribution is 0.141. The highest BCUT2D eigenvalue weighted by molar-refractivity contribution is 5.84. The van der Waals surface area contributed by atoms with Crippen LogP contribution in [0.15, 0.2) is 66.9 Å². The van der Waals surface area contributed by atoms with E-state index in [0.717, 1.165) is 22.0 Å². The van der Waals surface area contributed by atoms with Crippen LogP contribution in [0.5, 0.6) is 0 Å². The van der Waals surface area contributed by atoms with E-state index < -0.39 is 6.09 Å². The van der Waals surface area contributed by atoms with Gasteiger partial charge in [0.2, 0.25) is 0 Å². The van der Waals surface area contributed by atoms with Gasteiger partial charge in [0.1, 0.15) is 6.61 Å². The van der Waals surface area contributed by atoms with Crippen LogP contribution < -0.4 is 5.32 Å². The van der Waals surface area contributed by atoms with Gasteiger partial charge < -0.3 is 10.1 Å². The summed E-state index contributed by atoms with van der Waals surface area (Å²) in [4.78, 5) is 15.9. The Morgan fingerprint density at radius 2 is 1.92 bits per heavy atom. The second kappa shape index (κ2) is 7.80. The van der Waals surface area contributed by atoms with Crippen LogP contribution in [0.1, 0.15) is 11.1 Å². The molecule has 1 heterocycles. The van der Waals surface area contributed by atoms with Gasteiger partial charge in [0.05, 0.1) is 12.1 Å². The highest BCUT2D eigenvalue weighted by atomic mass is 16.5. The predicted octanol–water partition coefficient (Wildman–Crippen LogP) is 3.51. The van der Waals surface area contributed by atoms with E-state index in [-0.39, 0.29) is 13.2 Å². The van der Waals surface area contributed by atoms with Gasteiger partial charge in [-0.25, -0.2) is 4.79 Å². The van der Waals surface area contributed by atoms with Gasteiger partial charge in [0.25, 0.3) is 0 Å². The van der Waals surface area contributed by atoms with E-state index in [0.29, 0.717) is 0 Å². The lowest BCUT2D eigenvalue weighted by Gasteiger charge is -2.04. The van der Waals surface area contributed by atoms with E-state index in [1.54, 1.807) is 6.20 Å². The molecule has 0 radical (unpaired) electrons. The molecule has 4 heteroatoms. The summed E-state index contributed by atoms with van der Waals surface area (Å²) in [6.45, 7) is 0.472. The number of amides is 1. The van der Waals surface area contributed by atoms with Crippen molar-refractivity contribution in [2.24, 2.45) is 0 Å². The van der Waals surface area contributed by atoms with E-state index in [4.69, 9.17) is 4.74 Å². The number of alkyl carbamates (subject to hydrolysis) is 1. The molecule has 1 N–H and O–H groups in total. The van der Waals surface area contributed by atoms with Crippen molar-refractivity contribution < 1.29 is 9.53 Å². The Morgan fingerprint density at radius 3 is 2.79 bits per heavy atom. The lowest BCUT2D eigenvalue weighted by atomic mass is 10.1. The fourth-order valence-corrected chi connectivity index (χ4v) is 2.24. The van der Waals surface area contributed by atoms with Crippen molar-refractivity contribution in [2.45, 2.75) is 6.61 Å². The quantitative estimate of drug-likeness (QED) is 0.752. The minimum Gasteiger partial charge on any atom is -0.445 e. The number of rotatable bonds is 3. The molecule has 3 rings (SSSR count). The molecule has 0 saturated carbocycles. The Labute approximate surface area is 140 Å². The number of carbonyl (C=O) groups excluding carboxylic acids is 1.